The van der Waals surface area contributed by atoms with Crippen LogP contribution in [0, 0.1) is 34.8 Å². The van der Waals surface area contributed by atoms with Crippen LogP contribution < -0.4 is 4.73 Å². The van der Waals surface area contributed by atoms with Crippen molar-refractivity contribution in [3.05, 3.63) is 34.3 Å². The molecule has 0 aliphatic heterocycles. The zero-order chi connectivity index (χ0) is 9.14. The lowest BCUT2D eigenvalue weighted by atomic mass is 10.2. The number of pyridine rings is 1. The Bertz CT molecular complexity index is 363. The summed E-state index contributed by atoms with van der Waals surface area (Å²) in [5.41, 5.74) is 0.633. The molecule has 0 amide bonds. The molecule has 1 aromatic heterocycles. The van der Waals surface area contributed by atoms with Gasteiger partial charge in [-0.25, -0.2) is 0 Å². The summed E-state index contributed by atoms with van der Waals surface area (Å²) in [6, 6.07) is 6.30. The minimum atomic E-state index is -0.0495. The second kappa shape index (κ2) is 2.89. The summed E-state index contributed by atoms with van der Waals surface area (Å²) in [5.74, 6) is 0. The van der Waals surface area contributed by atoms with E-state index in [9.17, 15) is 5.21 Å². The molecule has 4 heteroatoms. The maximum Gasteiger partial charge on any atom is 0.296 e. The van der Waals surface area contributed by atoms with E-state index >= 15 is 0 Å². The van der Waals surface area contributed by atoms with Gasteiger partial charge in [0, 0.05) is 12.1 Å². The Morgan fingerprint density at radius 1 is 1.25 bits per heavy atom. The molecule has 0 aromatic carbocycles. The first-order chi connectivity index (χ1) is 5.69. The van der Waals surface area contributed by atoms with Crippen molar-refractivity contribution in [1.29, 1.82) is 10.5 Å². The molecular weight excluding hydrogens is 154 g/mol. The van der Waals surface area contributed by atoms with E-state index in [1.54, 1.807) is 19.1 Å². The minimum absolute atomic E-state index is 0.0495. The summed E-state index contributed by atoms with van der Waals surface area (Å²) in [6.45, 7) is 1.72. The number of nitriles is 2. The second-order valence-corrected chi connectivity index (χ2v) is 2.32. The molecule has 1 heterocycles. The van der Waals surface area contributed by atoms with Crippen molar-refractivity contribution in [2.45, 2.75) is 6.92 Å². The van der Waals surface area contributed by atoms with Crippen LogP contribution in [0.25, 0.3) is 0 Å². The lowest BCUT2D eigenvalue weighted by Gasteiger charge is -2.00. The predicted octanol–water partition coefficient (Wildman–Crippen LogP) is 0.372. The molecule has 0 bridgehead atoms. The summed E-state index contributed by atoms with van der Waals surface area (Å²) >= 11 is 0. The Morgan fingerprint density at radius 2 is 1.67 bits per heavy atom. The van der Waals surface area contributed by atoms with Gasteiger partial charge in [0.05, 0.1) is 0 Å². The lowest BCUT2D eigenvalue weighted by molar-refractivity contribution is -0.611. The van der Waals surface area contributed by atoms with Crippen LogP contribution in [0.5, 0.6) is 0 Å². The molecule has 12 heavy (non-hydrogen) atoms. The van der Waals surface area contributed by atoms with Crippen LogP contribution in [0.15, 0.2) is 12.1 Å². The zero-order valence-corrected chi connectivity index (χ0v) is 6.40. The van der Waals surface area contributed by atoms with Gasteiger partial charge < -0.3 is 5.21 Å². The molecule has 0 atom stereocenters. The molecule has 0 saturated heterocycles. The Kier molecular flexibility index (Phi) is 1.94. The van der Waals surface area contributed by atoms with Gasteiger partial charge in [0.2, 0.25) is 0 Å². The Labute approximate surface area is 69.5 Å². The van der Waals surface area contributed by atoms with E-state index in [2.05, 4.69) is 0 Å². The third kappa shape index (κ3) is 1.18. The number of hydrogen-bond acceptors (Lipinski definition) is 3. The average molecular weight is 159 g/mol. The molecule has 0 aliphatic carbocycles. The molecular formula is C8H5N3O. The normalized spacial score (nSPS) is 8.58. The standard InChI is InChI=1S/C8H5N3O/c1-6-2-7(4-9)11(12)8(3-6)5-10/h2-3H,1H3. The monoisotopic (exact) mass is 159 g/mol. The summed E-state index contributed by atoms with van der Waals surface area (Å²) < 4.78 is 0.326. The van der Waals surface area contributed by atoms with Gasteiger partial charge in [-0.1, -0.05) is 0 Å². The van der Waals surface area contributed by atoms with Gasteiger partial charge in [0.15, 0.2) is 12.1 Å². The van der Waals surface area contributed by atoms with Crippen LogP contribution in [-0.2, 0) is 0 Å². The van der Waals surface area contributed by atoms with Crippen molar-refractivity contribution >= 4 is 0 Å². The summed E-state index contributed by atoms with van der Waals surface area (Å²) in [7, 11) is 0. The Hall–Kier alpha value is -2.07. The van der Waals surface area contributed by atoms with Gasteiger partial charge in [0.1, 0.15) is 0 Å². The number of aryl methyl sites for hydroxylation is 1. The van der Waals surface area contributed by atoms with Crippen LogP contribution in [0.1, 0.15) is 17.0 Å². The van der Waals surface area contributed by atoms with Gasteiger partial charge in [-0.15, -0.1) is 4.73 Å². The van der Waals surface area contributed by atoms with Gasteiger partial charge >= 0.3 is 0 Å². The molecule has 0 fully saturated rings. The minimum Gasteiger partial charge on any atom is -0.617 e. The maximum atomic E-state index is 11.1. The molecule has 0 spiro atoms. The first-order valence-electron chi connectivity index (χ1n) is 3.23. The highest BCUT2D eigenvalue weighted by Crippen LogP contribution is 2.00. The molecule has 0 unspecified atom stereocenters. The van der Waals surface area contributed by atoms with Crippen molar-refractivity contribution in [3.8, 4) is 12.1 Å². The molecule has 58 valence electrons. The van der Waals surface area contributed by atoms with Crippen LogP contribution in [0.3, 0.4) is 0 Å². The fraction of sp³-hybridized carbons (Fsp3) is 0.125. The smallest absolute Gasteiger partial charge is 0.296 e. The topological polar surface area (TPSA) is 74.5 Å². The van der Waals surface area contributed by atoms with E-state index in [4.69, 9.17) is 10.5 Å². The number of aromatic nitrogens is 1. The summed E-state index contributed by atoms with van der Waals surface area (Å²) in [6.07, 6.45) is 0. The van der Waals surface area contributed by atoms with Crippen LogP contribution in [0.4, 0.5) is 0 Å². The van der Waals surface area contributed by atoms with Gasteiger partial charge in [-0.2, -0.15) is 10.5 Å². The van der Waals surface area contributed by atoms with Crippen molar-refractivity contribution < 1.29 is 4.73 Å². The third-order valence-electron chi connectivity index (χ3n) is 1.40. The molecule has 1 rings (SSSR count). The van der Waals surface area contributed by atoms with Crippen LogP contribution in [0.2, 0.25) is 0 Å². The van der Waals surface area contributed by atoms with E-state index in [0.717, 1.165) is 5.56 Å². The predicted molar refractivity (Wildman–Crippen MR) is 39.6 cm³/mol. The highest BCUT2D eigenvalue weighted by Gasteiger charge is 2.10. The fourth-order valence-corrected chi connectivity index (χ4v) is 0.875. The molecule has 0 N–H and O–H groups in total. The largest absolute Gasteiger partial charge is 0.617 e. The van der Waals surface area contributed by atoms with Crippen LogP contribution >= 0.6 is 0 Å². The van der Waals surface area contributed by atoms with E-state index in [-0.39, 0.29) is 11.4 Å². The van der Waals surface area contributed by atoms with E-state index in [0.29, 0.717) is 4.73 Å². The van der Waals surface area contributed by atoms with Crippen LogP contribution in [-0.4, -0.2) is 0 Å². The molecule has 0 aliphatic rings. The zero-order valence-electron chi connectivity index (χ0n) is 6.40. The summed E-state index contributed by atoms with van der Waals surface area (Å²) in [5, 5.41) is 28.0. The van der Waals surface area contributed by atoms with Gasteiger partial charge in [-0.3, -0.25) is 0 Å². The van der Waals surface area contributed by atoms with Crippen molar-refractivity contribution in [3.63, 3.8) is 0 Å². The number of hydrogen-bond donors (Lipinski definition) is 0. The molecule has 4 nitrogen and oxygen atoms in total. The van der Waals surface area contributed by atoms with E-state index in [1.165, 1.54) is 12.1 Å². The molecule has 0 radical (unpaired) electrons. The number of nitrogens with zero attached hydrogens (tertiary/aromatic N) is 3. The fourth-order valence-electron chi connectivity index (χ4n) is 0.875. The quantitative estimate of drug-likeness (QED) is 0.405. The molecule has 0 saturated carbocycles. The maximum absolute atomic E-state index is 11.1. The highest BCUT2D eigenvalue weighted by molar-refractivity contribution is 5.27. The van der Waals surface area contributed by atoms with Crippen molar-refractivity contribution in [1.82, 2.24) is 0 Å². The molecule has 1 aromatic rings. The SMILES string of the molecule is Cc1cc(C#N)[n+]([O-])c(C#N)c1. The third-order valence-corrected chi connectivity index (χ3v) is 1.40. The highest BCUT2D eigenvalue weighted by atomic mass is 16.5. The second-order valence-electron chi connectivity index (χ2n) is 2.32. The number of rotatable bonds is 0. The summed E-state index contributed by atoms with van der Waals surface area (Å²) in [4.78, 5) is 0. The Balaban J connectivity index is 3.48. The Morgan fingerprint density at radius 3 is 2.00 bits per heavy atom. The first-order valence-corrected chi connectivity index (χ1v) is 3.23. The van der Waals surface area contributed by atoms with Crippen molar-refractivity contribution in [2.75, 3.05) is 0 Å². The van der Waals surface area contributed by atoms with E-state index < -0.39 is 0 Å². The van der Waals surface area contributed by atoms with E-state index in [1.807, 2.05) is 0 Å². The average Bonchev–Trinajstić information content (AvgIpc) is 2.08. The van der Waals surface area contributed by atoms with Gasteiger partial charge in [0.25, 0.3) is 11.4 Å². The van der Waals surface area contributed by atoms with Gasteiger partial charge in [-0.05, 0) is 12.5 Å². The lowest BCUT2D eigenvalue weighted by Crippen LogP contribution is -2.34. The van der Waals surface area contributed by atoms with Crippen molar-refractivity contribution in [2.24, 2.45) is 0 Å². The first kappa shape index (κ1) is 8.03.